The molecule has 1 nitrogen and oxygen atoms in total. The van der Waals surface area contributed by atoms with E-state index in [2.05, 4.69) is 11.6 Å². The van der Waals surface area contributed by atoms with Crippen LogP contribution in [0.5, 0.6) is 0 Å². The molecule has 1 rings (SSSR count). The summed E-state index contributed by atoms with van der Waals surface area (Å²) in [4.78, 5) is 0. The van der Waals surface area contributed by atoms with Crippen LogP contribution in [0, 0.1) is 0 Å². The first-order chi connectivity index (χ1) is 6.84. The standard InChI is InChI=1S/C11H16ClNS/c1-14-9-5-4-8-13-11-7-3-2-6-10(11)12/h2-3,6-7,13H,4-5,8-9H2,1H3. The zero-order chi connectivity index (χ0) is 10.2. The molecule has 0 aliphatic carbocycles. The molecule has 0 heterocycles. The Bertz CT molecular complexity index is 265. The van der Waals surface area contributed by atoms with E-state index in [4.69, 9.17) is 11.6 Å². The topological polar surface area (TPSA) is 12.0 Å². The average molecular weight is 230 g/mol. The Balaban J connectivity index is 2.21. The van der Waals surface area contributed by atoms with Crippen LogP contribution in [-0.2, 0) is 0 Å². The van der Waals surface area contributed by atoms with Gasteiger partial charge in [-0.15, -0.1) is 0 Å². The van der Waals surface area contributed by atoms with Crippen molar-refractivity contribution in [2.75, 3.05) is 23.9 Å². The van der Waals surface area contributed by atoms with E-state index < -0.39 is 0 Å². The second kappa shape index (κ2) is 7.02. The van der Waals surface area contributed by atoms with Gasteiger partial charge in [0.2, 0.25) is 0 Å². The van der Waals surface area contributed by atoms with Gasteiger partial charge in [0.25, 0.3) is 0 Å². The molecule has 0 atom stereocenters. The second-order valence-corrected chi connectivity index (χ2v) is 4.50. The van der Waals surface area contributed by atoms with Gasteiger partial charge >= 0.3 is 0 Å². The summed E-state index contributed by atoms with van der Waals surface area (Å²) in [6.45, 7) is 1.00. The van der Waals surface area contributed by atoms with E-state index in [0.717, 1.165) is 17.3 Å². The number of halogens is 1. The Morgan fingerprint density at radius 1 is 1.29 bits per heavy atom. The Morgan fingerprint density at radius 2 is 2.07 bits per heavy atom. The number of nitrogens with one attached hydrogen (secondary N) is 1. The molecule has 0 saturated carbocycles. The molecule has 0 bridgehead atoms. The fourth-order valence-electron chi connectivity index (χ4n) is 1.20. The highest BCUT2D eigenvalue weighted by Crippen LogP contribution is 2.20. The van der Waals surface area contributed by atoms with E-state index in [1.165, 1.54) is 18.6 Å². The molecule has 0 amide bonds. The molecule has 1 aromatic rings. The third-order valence-electron chi connectivity index (χ3n) is 1.96. The largest absolute Gasteiger partial charge is 0.384 e. The van der Waals surface area contributed by atoms with Crippen molar-refractivity contribution in [3.63, 3.8) is 0 Å². The Labute approximate surface area is 95.2 Å². The first-order valence-corrected chi connectivity index (χ1v) is 6.59. The van der Waals surface area contributed by atoms with E-state index >= 15 is 0 Å². The summed E-state index contributed by atoms with van der Waals surface area (Å²) in [5.74, 6) is 1.24. The Kier molecular flexibility index (Phi) is 5.88. The van der Waals surface area contributed by atoms with Gasteiger partial charge in [0.1, 0.15) is 0 Å². The number of thioether (sulfide) groups is 1. The van der Waals surface area contributed by atoms with Gasteiger partial charge in [-0.3, -0.25) is 0 Å². The lowest BCUT2D eigenvalue weighted by molar-refractivity contribution is 0.843. The van der Waals surface area contributed by atoms with Crippen molar-refractivity contribution in [2.45, 2.75) is 12.8 Å². The lowest BCUT2D eigenvalue weighted by Gasteiger charge is -2.07. The average Bonchev–Trinajstić information content (AvgIpc) is 2.20. The summed E-state index contributed by atoms with van der Waals surface area (Å²) in [6.07, 6.45) is 4.60. The lowest BCUT2D eigenvalue weighted by atomic mass is 10.3. The van der Waals surface area contributed by atoms with Crippen LogP contribution in [-0.4, -0.2) is 18.6 Å². The van der Waals surface area contributed by atoms with E-state index in [1.807, 2.05) is 36.0 Å². The van der Waals surface area contributed by atoms with Crippen LogP contribution in [0.4, 0.5) is 5.69 Å². The maximum atomic E-state index is 6.00. The molecule has 0 spiro atoms. The van der Waals surface area contributed by atoms with Gasteiger partial charge in [-0.1, -0.05) is 23.7 Å². The molecule has 0 fully saturated rings. The van der Waals surface area contributed by atoms with Gasteiger partial charge in [0.05, 0.1) is 10.7 Å². The van der Waals surface area contributed by atoms with Crippen molar-refractivity contribution >= 4 is 29.1 Å². The fourth-order valence-corrected chi connectivity index (χ4v) is 1.89. The van der Waals surface area contributed by atoms with Crippen LogP contribution < -0.4 is 5.32 Å². The van der Waals surface area contributed by atoms with E-state index in [9.17, 15) is 0 Å². The number of benzene rings is 1. The highest BCUT2D eigenvalue weighted by atomic mass is 35.5. The molecule has 1 aromatic carbocycles. The zero-order valence-electron chi connectivity index (χ0n) is 8.42. The third-order valence-corrected chi connectivity index (χ3v) is 2.99. The predicted octanol–water partition coefficient (Wildman–Crippen LogP) is 3.90. The summed E-state index contributed by atoms with van der Waals surface area (Å²) in [6, 6.07) is 7.86. The van der Waals surface area contributed by atoms with Crippen molar-refractivity contribution in [1.29, 1.82) is 0 Å². The molecule has 0 aromatic heterocycles. The van der Waals surface area contributed by atoms with E-state index in [0.29, 0.717) is 0 Å². The van der Waals surface area contributed by atoms with Crippen LogP contribution in [0.15, 0.2) is 24.3 Å². The second-order valence-electron chi connectivity index (χ2n) is 3.11. The maximum Gasteiger partial charge on any atom is 0.0637 e. The highest BCUT2D eigenvalue weighted by molar-refractivity contribution is 7.98. The minimum Gasteiger partial charge on any atom is -0.384 e. The van der Waals surface area contributed by atoms with Crippen molar-refractivity contribution in [3.05, 3.63) is 29.3 Å². The molecule has 3 heteroatoms. The first kappa shape index (κ1) is 11.7. The fraction of sp³-hybridized carbons (Fsp3) is 0.455. The number of para-hydroxylation sites is 1. The van der Waals surface area contributed by atoms with Gasteiger partial charge in [-0.2, -0.15) is 11.8 Å². The van der Waals surface area contributed by atoms with Gasteiger partial charge in [-0.25, -0.2) is 0 Å². The molecule has 0 unspecified atom stereocenters. The Morgan fingerprint density at radius 3 is 2.79 bits per heavy atom. The van der Waals surface area contributed by atoms with Crippen molar-refractivity contribution in [1.82, 2.24) is 0 Å². The van der Waals surface area contributed by atoms with Crippen LogP contribution in [0.25, 0.3) is 0 Å². The van der Waals surface area contributed by atoms with Crippen molar-refractivity contribution in [2.24, 2.45) is 0 Å². The monoisotopic (exact) mass is 229 g/mol. The number of anilines is 1. The maximum absolute atomic E-state index is 6.00. The smallest absolute Gasteiger partial charge is 0.0637 e. The minimum atomic E-state index is 0.803. The van der Waals surface area contributed by atoms with Gasteiger partial charge in [-0.05, 0) is 37.0 Å². The Hall–Kier alpha value is -0.340. The van der Waals surface area contributed by atoms with Crippen LogP contribution in [0.2, 0.25) is 5.02 Å². The van der Waals surface area contributed by atoms with Gasteiger partial charge in [0, 0.05) is 6.54 Å². The molecule has 0 aliphatic rings. The first-order valence-electron chi connectivity index (χ1n) is 4.82. The van der Waals surface area contributed by atoms with Crippen molar-refractivity contribution < 1.29 is 0 Å². The SMILES string of the molecule is CSCCCCNc1ccccc1Cl. The molecular formula is C11H16ClNS. The van der Waals surface area contributed by atoms with Crippen LogP contribution in [0.1, 0.15) is 12.8 Å². The summed E-state index contributed by atoms with van der Waals surface area (Å²) in [5.41, 5.74) is 1.04. The summed E-state index contributed by atoms with van der Waals surface area (Å²) in [7, 11) is 0. The third kappa shape index (κ3) is 4.25. The molecule has 0 saturated heterocycles. The highest BCUT2D eigenvalue weighted by Gasteiger charge is 1.96. The van der Waals surface area contributed by atoms with Crippen LogP contribution >= 0.6 is 23.4 Å². The molecule has 14 heavy (non-hydrogen) atoms. The molecule has 1 N–H and O–H groups in total. The predicted molar refractivity (Wildman–Crippen MR) is 67.6 cm³/mol. The number of hydrogen-bond donors (Lipinski definition) is 1. The van der Waals surface area contributed by atoms with Crippen LogP contribution in [0.3, 0.4) is 0 Å². The quantitative estimate of drug-likeness (QED) is 0.743. The van der Waals surface area contributed by atoms with Gasteiger partial charge in [0.15, 0.2) is 0 Å². The van der Waals surface area contributed by atoms with Gasteiger partial charge < -0.3 is 5.32 Å². The molecule has 0 aliphatic heterocycles. The number of hydrogen-bond acceptors (Lipinski definition) is 2. The molecule has 78 valence electrons. The van der Waals surface area contributed by atoms with Crippen molar-refractivity contribution in [3.8, 4) is 0 Å². The molecular weight excluding hydrogens is 214 g/mol. The summed E-state index contributed by atoms with van der Waals surface area (Å²) < 4.78 is 0. The summed E-state index contributed by atoms with van der Waals surface area (Å²) in [5, 5.41) is 4.13. The lowest BCUT2D eigenvalue weighted by Crippen LogP contribution is -2.02. The molecule has 0 radical (unpaired) electrons. The van der Waals surface area contributed by atoms with E-state index in [-0.39, 0.29) is 0 Å². The number of rotatable bonds is 6. The normalized spacial score (nSPS) is 10.1. The van der Waals surface area contributed by atoms with E-state index in [1.54, 1.807) is 0 Å². The minimum absolute atomic E-state index is 0.803. The zero-order valence-corrected chi connectivity index (χ0v) is 10.00. The summed E-state index contributed by atoms with van der Waals surface area (Å²) >= 11 is 7.89. The number of unbranched alkanes of at least 4 members (excludes halogenated alkanes) is 1.